The van der Waals surface area contributed by atoms with Gasteiger partial charge in [0.25, 0.3) is 0 Å². The van der Waals surface area contributed by atoms with Gasteiger partial charge in [0.15, 0.2) is 5.96 Å². The molecule has 0 heterocycles. The Labute approximate surface area is 155 Å². The average Bonchev–Trinajstić information content (AvgIpc) is 2.54. The Morgan fingerprint density at radius 1 is 1.22 bits per heavy atom. The lowest BCUT2D eigenvalue weighted by molar-refractivity contribution is 0.314. The normalized spacial score (nSPS) is 12.5. The molecule has 0 aromatic heterocycles. The number of nitrogens with zero attached hydrogens (tertiary/aromatic N) is 1. The first kappa shape index (κ1) is 19.5. The van der Waals surface area contributed by atoms with Crippen LogP contribution in [0, 0.1) is 0 Å². The Morgan fingerprint density at radius 3 is 2.70 bits per heavy atom. The van der Waals surface area contributed by atoms with Crippen LogP contribution in [0.2, 0.25) is 0 Å². The van der Waals surface area contributed by atoms with Gasteiger partial charge in [-0.2, -0.15) is 0 Å². The maximum atomic E-state index is 5.80. The molecule has 2 aromatic rings. The molecule has 3 N–H and O–H groups in total. The highest BCUT2D eigenvalue weighted by atomic mass is 127. The van der Waals surface area contributed by atoms with E-state index in [4.69, 9.17) is 10.5 Å². The summed E-state index contributed by atoms with van der Waals surface area (Å²) in [6.07, 6.45) is 1.87. The van der Waals surface area contributed by atoms with E-state index in [0.717, 1.165) is 18.6 Å². The summed E-state index contributed by atoms with van der Waals surface area (Å²) in [6.45, 7) is 5.51. The molecule has 0 radical (unpaired) electrons. The van der Waals surface area contributed by atoms with Gasteiger partial charge in [0.2, 0.25) is 0 Å². The number of ether oxygens (including phenoxy) is 1. The third-order valence-electron chi connectivity index (χ3n) is 3.58. The van der Waals surface area contributed by atoms with Crippen molar-refractivity contribution in [2.45, 2.75) is 32.7 Å². The molecule has 0 spiro atoms. The van der Waals surface area contributed by atoms with Crippen molar-refractivity contribution in [3.8, 4) is 5.75 Å². The van der Waals surface area contributed by atoms with Gasteiger partial charge in [-0.15, -0.1) is 24.0 Å². The molecule has 1 atom stereocenters. The monoisotopic (exact) mass is 427 g/mol. The number of halogens is 1. The summed E-state index contributed by atoms with van der Waals surface area (Å²) in [6, 6.07) is 14.8. The van der Waals surface area contributed by atoms with Gasteiger partial charge in [-0.3, -0.25) is 4.99 Å². The van der Waals surface area contributed by atoms with Crippen molar-refractivity contribution in [1.29, 1.82) is 0 Å². The van der Waals surface area contributed by atoms with Crippen molar-refractivity contribution in [1.82, 2.24) is 5.32 Å². The van der Waals surface area contributed by atoms with Crippen LogP contribution in [0.4, 0.5) is 0 Å². The third kappa shape index (κ3) is 6.64. The lowest BCUT2D eigenvalue weighted by Gasteiger charge is -2.11. The molecule has 0 aliphatic carbocycles. The second-order valence-corrected chi connectivity index (χ2v) is 5.43. The zero-order valence-corrected chi connectivity index (χ0v) is 16.1. The molecule has 0 saturated heterocycles. The fraction of sp³-hybridized carbons (Fsp3) is 0.389. The summed E-state index contributed by atoms with van der Waals surface area (Å²) in [7, 11) is 0. The van der Waals surface area contributed by atoms with E-state index in [1.807, 2.05) is 18.2 Å². The molecule has 23 heavy (non-hydrogen) atoms. The molecule has 126 valence electrons. The molecule has 4 nitrogen and oxygen atoms in total. The van der Waals surface area contributed by atoms with Gasteiger partial charge in [0.05, 0.1) is 6.61 Å². The van der Waals surface area contributed by atoms with Gasteiger partial charge >= 0.3 is 0 Å². The summed E-state index contributed by atoms with van der Waals surface area (Å²) < 4.78 is 5.77. The summed E-state index contributed by atoms with van der Waals surface area (Å²) in [4.78, 5) is 4.30. The molecule has 0 amide bonds. The van der Waals surface area contributed by atoms with Crippen molar-refractivity contribution in [2.75, 3.05) is 13.2 Å². The molecule has 0 aliphatic rings. The number of fused-ring (bicyclic) bond motifs is 1. The smallest absolute Gasteiger partial charge is 0.188 e. The second kappa shape index (κ2) is 10.3. The van der Waals surface area contributed by atoms with Crippen LogP contribution in [0.5, 0.6) is 5.75 Å². The number of hydrogen-bond donors (Lipinski definition) is 2. The van der Waals surface area contributed by atoms with E-state index < -0.39 is 0 Å². The molecule has 0 fully saturated rings. The van der Waals surface area contributed by atoms with E-state index in [0.29, 0.717) is 25.2 Å². The van der Waals surface area contributed by atoms with Crippen molar-refractivity contribution in [3.05, 3.63) is 42.5 Å². The van der Waals surface area contributed by atoms with Crippen LogP contribution < -0.4 is 15.8 Å². The Bertz CT molecular complexity index is 630. The first-order valence-electron chi connectivity index (χ1n) is 7.87. The van der Waals surface area contributed by atoms with Crippen molar-refractivity contribution in [2.24, 2.45) is 10.7 Å². The van der Waals surface area contributed by atoms with Crippen LogP contribution in [-0.4, -0.2) is 25.2 Å². The molecular formula is C18H26IN3O. The third-order valence-corrected chi connectivity index (χ3v) is 3.58. The molecular weight excluding hydrogens is 401 g/mol. The largest absolute Gasteiger partial charge is 0.494 e. The number of aliphatic imine (C=N–C) groups is 1. The predicted molar refractivity (Wildman–Crippen MR) is 109 cm³/mol. The van der Waals surface area contributed by atoms with E-state index in [2.05, 4.69) is 48.4 Å². The fourth-order valence-corrected chi connectivity index (χ4v) is 2.11. The quantitative estimate of drug-likeness (QED) is 0.305. The second-order valence-electron chi connectivity index (χ2n) is 5.43. The number of nitrogens with one attached hydrogen (secondary N) is 1. The van der Waals surface area contributed by atoms with Crippen molar-refractivity contribution < 1.29 is 4.74 Å². The zero-order chi connectivity index (χ0) is 15.8. The predicted octanol–water partition coefficient (Wildman–Crippen LogP) is 3.93. The van der Waals surface area contributed by atoms with E-state index in [-0.39, 0.29) is 24.0 Å². The number of nitrogens with two attached hydrogens (primary N) is 1. The zero-order valence-electron chi connectivity index (χ0n) is 13.8. The SMILES string of the molecule is CCC(C)NC(N)=NCCCOc1ccc2ccccc2c1.I. The van der Waals surface area contributed by atoms with Gasteiger partial charge in [0, 0.05) is 19.0 Å². The highest BCUT2D eigenvalue weighted by Crippen LogP contribution is 2.20. The molecule has 0 aliphatic heterocycles. The molecule has 2 rings (SSSR count). The number of hydrogen-bond acceptors (Lipinski definition) is 2. The Hall–Kier alpha value is -1.50. The highest BCUT2D eigenvalue weighted by Gasteiger charge is 1.99. The molecule has 1 unspecified atom stereocenters. The minimum absolute atomic E-state index is 0. The minimum atomic E-state index is 0. The van der Waals surface area contributed by atoms with Gasteiger partial charge in [-0.05, 0) is 36.2 Å². The number of rotatable bonds is 7. The van der Waals surface area contributed by atoms with E-state index in [1.165, 1.54) is 10.8 Å². The van der Waals surface area contributed by atoms with Crippen LogP contribution in [0.15, 0.2) is 47.5 Å². The Kier molecular flexibility index (Phi) is 8.76. The summed E-state index contributed by atoms with van der Waals surface area (Å²) in [5, 5.41) is 5.56. The lowest BCUT2D eigenvalue weighted by atomic mass is 10.1. The molecule has 2 aromatic carbocycles. The minimum Gasteiger partial charge on any atom is -0.494 e. The number of guanidine groups is 1. The maximum absolute atomic E-state index is 5.80. The topological polar surface area (TPSA) is 59.6 Å². The average molecular weight is 427 g/mol. The standard InChI is InChI=1S/C18H25N3O.HI/c1-3-14(2)21-18(19)20-11-6-12-22-17-10-9-15-7-4-5-8-16(15)13-17;/h4-5,7-10,13-14H,3,6,11-12H2,1-2H3,(H3,19,20,21);1H. The fourth-order valence-electron chi connectivity index (χ4n) is 2.11. The Balaban J connectivity index is 0.00000264. The lowest BCUT2D eigenvalue weighted by Crippen LogP contribution is -2.38. The first-order valence-corrected chi connectivity index (χ1v) is 7.87. The summed E-state index contributed by atoms with van der Waals surface area (Å²) in [5.74, 6) is 1.41. The Morgan fingerprint density at radius 2 is 1.96 bits per heavy atom. The van der Waals surface area contributed by atoms with Crippen molar-refractivity contribution >= 4 is 40.7 Å². The van der Waals surface area contributed by atoms with Crippen LogP contribution in [0.3, 0.4) is 0 Å². The van der Waals surface area contributed by atoms with E-state index in [1.54, 1.807) is 0 Å². The van der Waals surface area contributed by atoms with Gasteiger partial charge in [-0.25, -0.2) is 0 Å². The van der Waals surface area contributed by atoms with Gasteiger partial charge in [-0.1, -0.05) is 37.3 Å². The first-order chi connectivity index (χ1) is 10.7. The molecule has 0 saturated carbocycles. The van der Waals surface area contributed by atoms with Gasteiger partial charge < -0.3 is 15.8 Å². The molecule has 0 bridgehead atoms. The number of benzene rings is 2. The van der Waals surface area contributed by atoms with Crippen LogP contribution in [0.1, 0.15) is 26.7 Å². The summed E-state index contributed by atoms with van der Waals surface area (Å²) in [5.41, 5.74) is 5.80. The highest BCUT2D eigenvalue weighted by molar-refractivity contribution is 14.0. The van der Waals surface area contributed by atoms with Crippen molar-refractivity contribution in [3.63, 3.8) is 0 Å². The van der Waals surface area contributed by atoms with Crippen LogP contribution in [0.25, 0.3) is 10.8 Å². The summed E-state index contributed by atoms with van der Waals surface area (Å²) >= 11 is 0. The molecule has 5 heteroatoms. The van der Waals surface area contributed by atoms with Crippen LogP contribution >= 0.6 is 24.0 Å². The van der Waals surface area contributed by atoms with Crippen LogP contribution in [-0.2, 0) is 0 Å². The van der Waals surface area contributed by atoms with Gasteiger partial charge in [0.1, 0.15) is 5.75 Å². The maximum Gasteiger partial charge on any atom is 0.188 e. The van der Waals surface area contributed by atoms with E-state index >= 15 is 0 Å². The van der Waals surface area contributed by atoms with E-state index in [9.17, 15) is 0 Å².